The number of hydrogen-bond donors (Lipinski definition) is 1. The summed E-state index contributed by atoms with van der Waals surface area (Å²) in [7, 11) is -4.05. The minimum Gasteiger partial charge on any atom is -0.355 e. The van der Waals surface area contributed by atoms with E-state index in [2.05, 4.69) is 14.7 Å². The number of aromatic nitrogens is 4. The minimum atomic E-state index is -4.53. The predicted molar refractivity (Wildman–Crippen MR) is 145 cm³/mol. The van der Waals surface area contributed by atoms with Gasteiger partial charge in [0.05, 0.1) is 17.2 Å². The molecule has 0 amide bonds. The quantitative estimate of drug-likeness (QED) is 0.296. The number of alkyl halides is 3. The van der Waals surface area contributed by atoms with Gasteiger partial charge < -0.3 is 4.90 Å². The molecule has 3 heterocycles. The van der Waals surface area contributed by atoms with Crippen LogP contribution in [0.4, 0.5) is 19.0 Å². The van der Waals surface area contributed by atoms with E-state index in [0.29, 0.717) is 64.3 Å². The number of halogens is 5. The van der Waals surface area contributed by atoms with E-state index in [1.165, 1.54) is 6.33 Å². The van der Waals surface area contributed by atoms with Crippen molar-refractivity contribution in [3.63, 3.8) is 0 Å². The van der Waals surface area contributed by atoms with E-state index in [9.17, 15) is 21.6 Å². The lowest BCUT2D eigenvalue weighted by atomic mass is 10.1. The van der Waals surface area contributed by atoms with Gasteiger partial charge in [0.15, 0.2) is 17.0 Å². The molecule has 0 radical (unpaired) electrons. The van der Waals surface area contributed by atoms with Gasteiger partial charge in [-0.15, -0.1) is 0 Å². The summed E-state index contributed by atoms with van der Waals surface area (Å²) in [5.41, 5.74) is 2.55. The molecule has 1 fully saturated rings. The molecule has 0 aliphatic carbocycles. The molecular formula is C25H23Cl2F3N6O2S. The first-order valence-corrected chi connectivity index (χ1v) is 14.5. The van der Waals surface area contributed by atoms with Crippen molar-refractivity contribution in [2.75, 3.05) is 23.7 Å². The predicted octanol–water partition coefficient (Wildman–Crippen LogP) is 5.63. The zero-order valence-electron chi connectivity index (χ0n) is 20.4. The molecule has 8 nitrogen and oxygen atoms in total. The van der Waals surface area contributed by atoms with E-state index in [1.54, 1.807) is 18.2 Å². The van der Waals surface area contributed by atoms with Crippen LogP contribution >= 0.6 is 23.2 Å². The van der Waals surface area contributed by atoms with Crippen LogP contribution in [-0.2, 0) is 10.0 Å². The van der Waals surface area contributed by atoms with Gasteiger partial charge in [-0.25, -0.2) is 28.1 Å². The Labute approximate surface area is 232 Å². The summed E-state index contributed by atoms with van der Waals surface area (Å²) in [6, 6.07) is 14.1. The van der Waals surface area contributed by atoms with Crippen molar-refractivity contribution >= 4 is 50.2 Å². The molecular weight excluding hydrogens is 576 g/mol. The van der Waals surface area contributed by atoms with Gasteiger partial charge in [0.1, 0.15) is 12.2 Å². The average molecular weight is 599 g/mol. The third-order valence-corrected chi connectivity index (χ3v) is 8.44. The highest BCUT2D eigenvalue weighted by Crippen LogP contribution is 2.35. The average Bonchev–Trinajstić information content (AvgIpc) is 3.28. The molecule has 39 heavy (non-hydrogen) atoms. The van der Waals surface area contributed by atoms with Crippen LogP contribution in [0, 0.1) is 0 Å². The number of piperidine rings is 1. The van der Waals surface area contributed by atoms with E-state index in [4.69, 9.17) is 28.2 Å². The molecule has 0 spiro atoms. The van der Waals surface area contributed by atoms with Crippen LogP contribution in [0.2, 0.25) is 10.0 Å². The van der Waals surface area contributed by atoms with Crippen LogP contribution in [0.15, 0.2) is 54.9 Å². The van der Waals surface area contributed by atoms with Crippen LogP contribution < -0.4 is 9.62 Å². The smallest absolute Gasteiger partial charge is 0.355 e. The van der Waals surface area contributed by atoms with E-state index in [-0.39, 0.29) is 0 Å². The Balaban J connectivity index is 1.45. The van der Waals surface area contributed by atoms with Gasteiger partial charge in [0.2, 0.25) is 10.0 Å². The van der Waals surface area contributed by atoms with Gasteiger partial charge in [0, 0.05) is 35.4 Å². The number of rotatable bonds is 7. The Kier molecular flexibility index (Phi) is 7.73. The fourth-order valence-corrected chi connectivity index (χ4v) is 6.25. The molecule has 1 N–H and O–H groups in total. The summed E-state index contributed by atoms with van der Waals surface area (Å²) in [5.74, 6) is 0.141. The topological polar surface area (TPSA) is 93.0 Å². The van der Waals surface area contributed by atoms with Crippen LogP contribution in [0.25, 0.3) is 28.2 Å². The second-order valence-corrected chi connectivity index (χ2v) is 11.9. The van der Waals surface area contributed by atoms with Crippen LogP contribution in [0.1, 0.15) is 19.3 Å². The number of imidazole rings is 1. The van der Waals surface area contributed by atoms with E-state index in [1.807, 2.05) is 39.8 Å². The summed E-state index contributed by atoms with van der Waals surface area (Å²) < 4.78 is 66.1. The van der Waals surface area contributed by atoms with Crippen molar-refractivity contribution < 1.29 is 21.6 Å². The Hall–Kier alpha value is -2.93. The van der Waals surface area contributed by atoms with Crippen LogP contribution in [-0.4, -0.2) is 59.0 Å². The molecule has 0 unspecified atom stereocenters. The maximum absolute atomic E-state index is 12.5. The molecule has 1 saturated heterocycles. The molecule has 5 rings (SSSR count). The first kappa shape index (κ1) is 27.6. The molecule has 1 aliphatic heterocycles. The normalized spacial score (nSPS) is 15.3. The van der Waals surface area contributed by atoms with Crippen molar-refractivity contribution in [1.82, 2.24) is 24.2 Å². The van der Waals surface area contributed by atoms with Crippen molar-refractivity contribution in [3.8, 4) is 17.1 Å². The number of hydrogen-bond acceptors (Lipinski definition) is 6. The lowest BCUT2D eigenvalue weighted by Gasteiger charge is -2.33. The van der Waals surface area contributed by atoms with Crippen molar-refractivity contribution in [2.24, 2.45) is 0 Å². The van der Waals surface area contributed by atoms with Gasteiger partial charge in [-0.05, 0) is 49.2 Å². The van der Waals surface area contributed by atoms with Gasteiger partial charge in [-0.1, -0.05) is 35.3 Å². The Morgan fingerprint density at radius 1 is 1.00 bits per heavy atom. The summed E-state index contributed by atoms with van der Waals surface area (Å²) in [5, 5.41) is 1.09. The first-order chi connectivity index (χ1) is 18.5. The zero-order chi connectivity index (χ0) is 27.8. The van der Waals surface area contributed by atoms with E-state index >= 15 is 0 Å². The number of benzene rings is 2. The molecule has 14 heteroatoms. The Morgan fingerprint density at radius 2 is 1.69 bits per heavy atom. The third kappa shape index (κ3) is 6.29. The van der Waals surface area contributed by atoms with Gasteiger partial charge in [-0.3, -0.25) is 4.57 Å². The summed E-state index contributed by atoms with van der Waals surface area (Å²) in [4.78, 5) is 15.9. The number of fused-ring (bicyclic) bond motifs is 1. The minimum absolute atomic E-state index is 0.395. The zero-order valence-corrected chi connectivity index (χ0v) is 22.7. The molecule has 2 aromatic heterocycles. The number of sulfonamides is 1. The fourth-order valence-electron chi connectivity index (χ4n) is 4.54. The number of nitrogens with one attached hydrogen (secondary N) is 1. The largest absolute Gasteiger partial charge is 0.390 e. The Morgan fingerprint density at radius 3 is 2.36 bits per heavy atom. The second kappa shape index (κ2) is 10.9. The molecule has 1 aliphatic rings. The van der Waals surface area contributed by atoms with Crippen molar-refractivity contribution in [1.29, 1.82) is 0 Å². The molecule has 0 atom stereocenters. The monoisotopic (exact) mass is 598 g/mol. The molecule has 0 saturated carbocycles. The lowest BCUT2D eigenvalue weighted by molar-refractivity contribution is -0.130. The highest BCUT2D eigenvalue weighted by atomic mass is 35.5. The van der Waals surface area contributed by atoms with Crippen LogP contribution in [0.3, 0.4) is 0 Å². The first-order valence-electron chi connectivity index (χ1n) is 12.1. The summed E-state index contributed by atoms with van der Waals surface area (Å²) >= 11 is 12.7. The lowest BCUT2D eigenvalue weighted by Crippen LogP contribution is -2.45. The fraction of sp³-hybridized carbons (Fsp3) is 0.320. The summed E-state index contributed by atoms with van der Waals surface area (Å²) in [6.07, 6.45) is -3.69. The molecule has 2 aromatic carbocycles. The standard InChI is InChI=1S/C25H23Cl2F3N6O2S/c26-16-5-7-18(8-6-16)36-22(19-3-1-2-4-20(19)27)33-21-23(31-15-32-24(21)36)35-12-9-17(10-13-35)34-39(37,38)14-11-25(28,29)30/h1-8,15,17,34H,9-14H2. The van der Waals surface area contributed by atoms with Crippen molar-refractivity contribution in [2.45, 2.75) is 31.5 Å². The maximum Gasteiger partial charge on any atom is 0.390 e. The maximum atomic E-state index is 12.5. The SMILES string of the molecule is O=S(=O)(CCC(F)(F)F)NC1CCN(c2ncnc3c2nc(-c2ccccc2Cl)n3-c2ccc(Cl)cc2)CC1. The number of anilines is 1. The van der Waals surface area contributed by atoms with Gasteiger partial charge in [0.25, 0.3) is 0 Å². The highest BCUT2D eigenvalue weighted by Gasteiger charge is 2.32. The number of nitrogens with zero attached hydrogens (tertiary/aromatic N) is 5. The van der Waals surface area contributed by atoms with E-state index < -0.39 is 34.4 Å². The molecule has 0 bridgehead atoms. The molecule has 206 valence electrons. The van der Waals surface area contributed by atoms with Gasteiger partial charge >= 0.3 is 6.18 Å². The summed E-state index contributed by atoms with van der Waals surface area (Å²) in [6.45, 7) is 0.849. The third-order valence-electron chi connectivity index (χ3n) is 6.42. The second-order valence-electron chi connectivity index (χ2n) is 9.16. The van der Waals surface area contributed by atoms with Crippen molar-refractivity contribution in [3.05, 3.63) is 64.9 Å². The molecule has 4 aromatic rings. The Bertz CT molecular complexity index is 1590. The van der Waals surface area contributed by atoms with Crippen LogP contribution in [0.5, 0.6) is 0 Å². The van der Waals surface area contributed by atoms with E-state index in [0.717, 1.165) is 5.69 Å². The van der Waals surface area contributed by atoms with Gasteiger partial charge in [-0.2, -0.15) is 13.2 Å². The highest BCUT2D eigenvalue weighted by molar-refractivity contribution is 7.89.